The van der Waals surface area contributed by atoms with Crippen LogP contribution >= 0.6 is 0 Å². The van der Waals surface area contributed by atoms with Crippen molar-refractivity contribution in [2.75, 3.05) is 18.4 Å². The molecule has 1 fully saturated rings. The molecule has 1 aromatic heterocycles. The molecule has 1 amide bonds. The Morgan fingerprint density at radius 1 is 1.12 bits per heavy atom. The zero-order valence-electron chi connectivity index (χ0n) is 18.7. The number of piperidine rings is 1. The van der Waals surface area contributed by atoms with Crippen molar-refractivity contribution in [3.05, 3.63) is 53.7 Å². The van der Waals surface area contributed by atoms with Gasteiger partial charge in [-0.15, -0.1) is 0 Å². The standard InChI is InChI=1S/C26H30N4O2/c1-26(2)14-22-24(19-5-3-4-6-21(19)30(22)23(31)15-26)16-7-8-18(25(27)32)20(13-16)29-17-9-11-28-12-10-17/h3-8,13,17,28-29H,9-12,14-15H2,1-2H3,(H2,27,32). The van der Waals surface area contributed by atoms with E-state index in [1.54, 1.807) is 0 Å². The van der Waals surface area contributed by atoms with Crippen LogP contribution in [-0.4, -0.2) is 35.5 Å². The summed E-state index contributed by atoms with van der Waals surface area (Å²) in [6.45, 7) is 6.21. The van der Waals surface area contributed by atoms with E-state index < -0.39 is 5.91 Å². The number of nitrogens with zero attached hydrogens (tertiary/aromatic N) is 1. The molecule has 166 valence electrons. The number of benzene rings is 2. The lowest BCUT2D eigenvalue weighted by Crippen LogP contribution is -2.35. The topological polar surface area (TPSA) is 89.2 Å². The summed E-state index contributed by atoms with van der Waals surface area (Å²) in [7, 11) is 0. The summed E-state index contributed by atoms with van der Waals surface area (Å²) in [5, 5.41) is 8.01. The first-order valence-corrected chi connectivity index (χ1v) is 11.4. The van der Waals surface area contributed by atoms with Crippen LogP contribution in [0.15, 0.2) is 42.5 Å². The third kappa shape index (κ3) is 3.58. The largest absolute Gasteiger partial charge is 0.382 e. The Morgan fingerprint density at radius 2 is 1.88 bits per heavy atom. The summed E-state index contributed by atoms with van der Waals surface area (Å²) in [6, 6.07) is 14.2. The Morgan fingerprint density at radius 3 is 2.62 bits per heavy atom. The molecule has 4 N–H and O–H groups in total. The SMILES string of the molecule is CC1(C)CC(=O)n2c(c(-c3ccc(C(N)=O)c(NC4CCNCC4)c3)c3ccccc32)C1. The predicted octanol–water partition coefficient (Wildman–Crippen LogP) is 4.18. The van der Waals surface area contributed by atoms with Crippen molar-refractivity contribution in [3.63, 3.8) is 0 Å². The van der Waals surface area contributed by atoms with E-state index in [4.69, 9.17) is 5.73 Å². The van der Waals surface area contributed by atoms with Gasteiger partial charge >= 0.3 is 0 Å². The number of nitrogens with two attached hydrogens (primary N) is 1. The maximum absolute atomic E-state index is 13.1. The van der Waals surface area contributed by atoms with E-state index in [1.807, 2.05) is 41.0 Å². The van der Waals surface area contributed by atoms with Crippen molar-refractivity contribution in [1.82, 2.24) is 9.88 Å². The van der Waals surface area contributed by atoms with E-state index in [-0.39, 0.29) is 11.3 Å². The Kier molecular flexibility index (Phi) is 5.05. The smallest absolute Gasteiger partial charge is 0.250 e. The van der Waals surface area contributed by atoms with Crippen LogP contribution in [0.3, 0.4) is 0 Å². The van der Waals surface area contributed by atoms with Gasteiger partial charge in [0.25, 0.3) is 5.91 Å². The minimum atomic E-state index is -0.437. The molecule has 32 heavy (non-hydrogen) atoms. The zero-order valence-corrected chi connectivity index (χ0v) is 18.7. The second kappa shape index (κ2) is 7.78. The third-order valence-corrected chi connectivity index (χ3v) is 6.77. The van der Waals surface area contributed by atoms with Crippen molar-refractivity contribution in [2.45, 2.75) is 45.6 Å². The molecule has 5 rings (SSSR count). The van der Waals surface area contributed by atoms with E-state index in [9.17, 15) is 9.59 Å². The lowest BCUT2D eigenvalue weighted by Gasteiger charge is -2.31. The summed E-state index contributed by atoms with van der Waals surface area (Å²) in [5.74, 6) is -0.298. The first-order valence-electron chi connectivity index (χ1n) is 11.4. The van der Waals surface area contributed by atoms with Gasteiger partial charge in [0.05, 0.1) is 11.1 Å². The normalized spacial score (nSPS) is 18.5. The number of anilines is 1. The number of aromatic nitrogens is 1. The highest BCUT2D eigenvalue weighted by atomic mass is 16.2. The second-order valence-corrected chi connectivity index (χ2v) is 9.88. The van der Waals surface area contributed by atoms with Gasteiger partial charge in [0.2, 0.25) is 5.91 Å². The highest BCUT2D eigenvalue weighted by Gasteiger charge is 2.35. The maximum atomic E-state index is 13.1. The van der Waals surface area contributed by atoms with Gasteiger partial charge in [-0.05, 0) is 61.5 Å². The monoisotopic (exact) mass is 430 g/mol. The van der Waals surface area contributed by atoms with Gasteiger partial charge in [-0.3, -0.25) is 14.2 Å². The highest BCUT2D eigenvalue weighted by molar-refractivity contribution is 6.06. The highest BCUT2D eigenvalue weighted by Crippen LogP contribution is 2.43. The number of primary amides is 1. The van der Waals surface area contributed by atoms with Crippen LogP contribution in [0.5, 0.6) is 0 Å². The van der Waals surface area contributed by atoms with Crippen LogP contribution in [0.25, 0.3) is 22.0 Å². The van der Waals surface area contributed by atoms with Crippen LogP contribution < -0.4 is 16.4 Å². The summed E-state index contributed by atoms with van der Waals surface area (Å²) in [5.41, 5.74) is 11.0. The molecule has 0 atom stereocenters. The summed E-state index contributed by atoms with van der Waals surface area (Å²) >= 11 is 0. The zero-order chi connectivity index (χ0) is 22.5. The van der Waals surface area contributed by atoms with Crippen LogP contribution in [0, 0.1) is 5.41 Å². The Labute approximate surface area is 188 Å². The van der Waals surface area contributed by atoms with Gasteiger partial charge < -0.3 is 16.4 Å². The number of nitrogens with one attached hydrogen (secondary N) is 2. The van der Waals surface area contributed by atoms with Crippen LogP contribution in [0.2, 0.25) is 0 Å². The summed E-state index contributed by atoms with van der Waals surface area (Å²) in [4.78, 5) is 25.3. The fourth-order valence-corrected chi connectivity index (χ4v) is 5.29. The number of fused-ring (bicyclic) bond motifs is 3. The average Bonchev–Trinajstić information content (AvgIpc) is 3.07. The second-order valence-electron chi connectivity index (χ2n) is 9.88. The van der Waals surface area contributed by atoms with E-state index >= 15 is 0 Å². The molecule has 3 aromatic rings. The molecule has 0 unspecified atom stereocenters. The van der Waals surface area contributed by atoms with Crippen molar-refractivity contribution in [1.29, 1.82) is 0 Å². The van der Waals surface area contributed by atoms with Gasteiger partial charge in [0, 0.05) is 34.8 Å². The fourth-order valence-electron chi connectivity index (χ4n) is 5.29. The Bertz CT molecular complexity index is 1220. The van der Waals surface area contributed by atoms with Gasteiger partial charge in [-0.25, -0.2) is 0 Å². The molecule has 2 aliphatic heterocycles. The van der Waals surface area contributed by atoms with Crippen LogP contribution in [-0.2, 0) is 6.42 Å². The van der Waals surface area contributed by atoms with Crippen molar-refractivity contribution < 1.29 is 9.59 Å². The van der Waals surface area contributed by atoms with Gasteiger partial charge in [-0.2, -0.15) is 0 Å². The number of hydrogen-bond acceptors (Lipinski definition) is 4. The maximum Gasteiger partial charge on any atom is 0.250 e. The minimum Gasteiger partial charge on any atom is -0.382 e. The molecular weight excluding hydrogens is 400 g/mol. The molecule has 0 bridgehead atoms. The van der Waals surface area contributed by atoms with E-state index in [0.29, 0.717) is 18.0 Å². The number of amides is 1. The first-order chi connectivity index (χ1) is 15.3. The molecule has 0 radical (unpaired) electrons. The summed E-state index contributed by atoms with van der Waals surface area (Å²) < 4.78 is 1.90. The van der Waals surface area contributed by atoms with Crippen molar-refractivity contribution in [3.8, 4) is 11.1 Å². The number of carbonyl (C=O) groups excluding carboxylic acids is 2. The lowest BCUT2D eigenvalue weighted by atomic mass is 9.80. The number of para-hydroxylation sites is 1. The number of carbonyl (C=O) groups is 2. The molecule has 1 saturated heterocycles. The molecule has 0 saturated carbocycles. The molecule has 0 aliphatic carbocycles. The van der Waals surface area contributed by atoms with E-state index in [0.717, 1.165) is 65.8 Å². The Hall–Kier alpha value is -3.12. The quantitative estimate of drug-likeness (QED) is 0.579. The van der Waals surface area contributed by atoms with Crippen molar-refractivity contribution >= 4 is 28.4 Å². The lowest BCUT2D eigenvalue weighted by molar-refractivity contribution is 0.0816. The number of hydrogen-bond donors (Lipinski definition) is 3. The van der Waals surface area contributed by atoms with Gasteiger partial charge in [0.1, 0.15) is 0 Å². The predicted molar refractivity (Wildman–Crippen MR) is 128 cm³/mol. The molecule has 6 nitrogen and oxygen atoms in total. The van der Waals surface area contributed by atoms with Gasteiger partial charge in [0.15, 0.2) is 0 Å². The molecule has 3 heterocycles. The van der Waals surface area contributed by atoms with E-state index in [1.165, 1.54) is 0 Å². The molecule has 6 heteroatoms. The van der Waals surface area contributed by atoms with E-state index in [2.05, 4.69) is 30.5 Å². The van der Waals surface area contributed by atoms with Crippen molar-refractivity contribution in [2.24, 2.45) is 11.1 Å². The average molecular weight is 431 g/mol. The molecule has 0 spiro atoms. The molecule has 2 aliphatic rings. The summed E-state index contributed by atoms with van der Waals surface area (Å²) in [6.07, 6.45) is 3.34. The first kappa shape index (κ1) is 20.8. The molecular formula is C26H30N4O2. The van der Waals surface area contributed by atoms with Gasteiger partial charge in [-0.1, -0.05) is 38.1 Å². The van der Waals surface area contributed by atoms with Crippen LogP contribution in [0.1, 0.15) is 54.0 Å². The number of rotatable bonds is 4. The minimum absolute atomic E-state index is 0.0977. The molecule has 2 aromatic carbocycles. The fraction of sp³-hybridized carbons (Fsp3) is 0.385. The Balaban J connectivity index is 1.68. The van der Waals surface area contributed by atoms with Crippen LogP contribution in [0.4, 0.5) is 5.69 Å². The third-order valence-electron chi connectivity index (χ3n) is 6.77.